The summed E-state index contributed by atoms with van der Waals surface area (Å²) >= 11 is 3.44. The first-order valence-electron chi connectivity index (χ1n) is 5.49. The Balaban J connectivity index is 2.77. The fourth-order valence-electron chi connectivity index (χ4n) is 2.17. The molecule has 0 aliphatic rings. The molecule has 1 N–H and O–H groups in total. The number of ether oxygens (including phenoxy) is 1. The van der Waals surface area contributed by atoms with Crippen LogP contribution >= 0.6 is 15.9 Å². The Bertz CT molecular complexity index is 631. The molecule has 0 amide bonds. The van der Waals surface area contributed by atoms with Gasteiger partial charge >= 0.3 is 5.97 Å². The van der Waals surface area contributed by atoms with Crippen molar-refractivity contribution in [1.82, 2.24) is 4.57 Å². The second-order valence-corrected chi connectivity index (χ2v) is 5.05. The molecule has 5 heteroatoms. The first-order chi connectivity index (χ1) is 8.45. The average molecular weight is 312 g/mol. The van der Waals surface area contributed by atoms with Gasteiger partial charge in [0.15, 0.2) is 0 Å². The molecule has 0 fully saturated rings. The predicted octanol–water partition coefficient (Wildman–Crippen LogP) is 2.88. The van der Waals surface area contributed by atoms with Gasteiger partial charge in [-0.1, -0.05) is 0 Å². The van der Waals surface area contributed by atoms with Gasteiger partial charge in [-0.25, -0.2) is 0 Å². The first kappa shape index (κ1) is 13.0. The zero-order valence-electron chi connectivity index (χ0n) is 10.5. The Morgan fingerprint density at radius 1 is 1.50 bits per heavy atom. The maximum Gasteiger partial charge on any atom is 0.307 e. The summed E-state index contributed by atoms with van der Waals surface area (Å²) in [5, 5.41) is 9.92. The largest absolute Gasteiger partial charge is 0.496 e. The van der Waals surface area contributed by atoms with E-state index in [9.17, 15) is 4.79 Å². The summed E-state index contributed by atoms with van der Waals surface area (Å²) in [6.45, 7) is 1.93. The van der Waals surface area contributed by atoms with Gasteiger partial charge in [-0.05, 0) is 40.5 Å². The maximum atomic E-state index is 10.9. The van der Waals surface area contributed by atoms with Crippen LogP contribution in [0.2, 0.25) is 0 Å². The number of methoxy groups -OCH3 is 1. The van der Waals surface area contributed by atoms with E-state index in [2.05, 4.69) is 15.9 Å². The second kappa shape index (κ2) is 4.65. The normalized spacial score (nSPS) is 10.9. The van der Waals surface area contributed by atoms with Crippen LogP contribution in [0.5, 0.6) is 5.75 Å². The highest BCUT2D eigenvalue weighted by molar-refractivity contribution is 9.10. The molecule has 0 atom stereocenters. The van der Waals surface area contributed by atoms with Crippen molar-refractivity contribution in [3.63, 3.8) is 0 Å². The number of rotatable bonds is 3. The molecule has 2 aromatic rings. The van der Waals surface area contributed by atoms with E-state index in [4.69, 9.17) is 9.84 Å². The number of carboxylic acids is 1. The van der Waals surface area contributed by atoms with Crippen LogP contribution in [0.4, 0.5) is 0 Å². The Morgan fingerprint density at radius 3 is 2.72 bits per heavy atom. The van der Waals surface area contributed by atoms with Crippen molar-refractivity contribution in [3.05, 3.63) is 27.9 Å². The fraction of sp³-hybridized carbons (Fsp3) is 0.308. The number of hydrogen-bond donors (Lipinski definition) is 1. The summed E-state index contributed by atoms with van der Waals surface area (Å²) in [5.74, 6) is -0.118. The van der Waals surface area contributed by atoms with Crippen molar-refractivity contribution >= 4 is 32.8 Å². The summed E-state index contributed by atoms with van der Waals surface area (Å²) in [5.41, 5.74) is 2.80. The maximum absolute atomic E-state index is 10.9. The van der Waals surface area contributed by atoms with Gasteiger partial charge in [-0.2, -0.15) is 0 Å². The number of aryl methyl sites for hydroxylation is 1. The van der Waals surface area contributed by atoms with Crippen molar-refractivity contribution in [2.24, 2.45) is 7.05 Å². The highest BCUT2D eigenvalue weighted by atomic mass is 79.9. The van der Waals surface area contributed by atoms with Gasteiger partial charge < -0.3 is 14.4 Å². The van der Waals surface area contributed by atoms with Gasteiger partial charge in [0, 0.05) is 23.6 Å². The van der Waals surface area contributed by atoms with Gasteiger partial charge in [0.25, 0.3) is 0 Å². The number of nitrogens with zero attached hydrogens (tertiary/aromatic N) is 1. The van der Waals surface area contributed by atoms with E-state index in [0.29, 0.717) is 5.75 Å². The Kier molecular flexibility index (Phi) is 3.34. The molecular formula is C13H14BrNO3. The lowest BCUT2D eigenvalue weighted by molar-refractivity contribution is -0.136. The van der Waals surface area contributed by atoms with Crippen LogP contribution in [0.15, 0.2) is 16.6 Å². The number of aliphatic carboxylic acids is 1. The van der Waals surface area contributed by atoms with E-state index in [-0.39, 0.29) is 6.42 Å². The number of aromatic nitrogens is 1. The molecule has 0 spiro atoms. The average Bonchev–Trinajstić information content (AvgIpc) is 2.53. The lowest BCUT2D eigenvalue weighted by Crippen LogP contribution is -2.01. The lowest BCUT2D eigenvalue weighted by Gasteiger charge is -2.04. The zero-order valence-corrected chi connectivity index (χ0v) is 12.0. The van der Waals surface area contributed by atoms with Crippen LogP contribution in [-0.4, -0.2) is 22.8 Å². The fourth-order valence-corrected chi connectivity index (χ4v) is 2.66. The van der Waals surface area contributed by atoms with E-state index in [1.165, 1.54) is 0 Å². The molecule has 0 unspecified atom stereocenters. The SMILES string of the molecule is COc1cc2c(CC(=O)O)c(C)n(C)c2cc1Br. The third-order valence-electron chi connectivity index (χ3n) is 3.22. The Labute approximate surface area is 113 Å². The van der Waals surface area contributed by atoms with Crippen molar-refractivity contribution in [2.75, 3.05) is 7.11 Å². The van der Waals surface area contributed by atoms with Crippen LogP contribution < -0.4 is 4.74 Å². The Hall–Kier alpha value is -1.49. The van der Waals surface area contributed by atoms with E-state index < -0.39 is 5.97 Å². The quantitative estimate of drug-likeness (QED) is 0.948. The molecule has 0 saturated carbocycles. The Morgan fingerprint density at radius 2 is 2.17 bits per heavy atom. The zero-order chi connectivity index (χ0) is 13.4. The molecule has 2 rings (SSSR count). The first-order valence-corrected chi connectivity index (χ1v) is 6.28. The van der Waals surface area contributed by atoms with E-state index >= 15 is 0 Å². The summed E-state index contributed by atoms with van der Waals surface area (Å²) in [7, 11) is 3.53. The van der Waals surface area contributed by atoms with Gasteiger partial charge in [0.1, 0.15) is 5.75 Å². The molecule has 18 heavy (non-hydrogen) atoms. The van der Waals surface area contributed by atoms with E-state index in [1.807, 2.05) is 30.7 Å². The molecule has 1 heterocycles. The van der Waals surface area contributed by atoms with Gasteiger partial charge in [0.05, 0.1) is 18.0 Å². The van der Waals surface area contributed by atoms with Gasteiger partial charge in [-0.3, -0.25) is 4.79 Å². The van der Waals surface area contributed by atoms with Crippen LogP contribution in [0.1, 0.15) is 11.3 Å². The number of halogens is 1. The standard InChI is InChI=1S/C13H14BrNO3/c1-7-8(5-13(16)17)9-4-12(18-3)10(14)6-11(9)15(7)2/h4,6H,5H2,1-3H3,(H,16,17). The third kappa shape index (κ3) is 1.99. The third-order valence-corrected chi connectivity index (χ3v) is 3.84. The minimum absolute atomic E-state index is 0.0218. The number of carboxylic acid groups (broad SMARTS) is 1. The monoisotopic (exact) mass is 311 g/mol. The predicted molar refractivity (Wildman–Crippen MR) is 73.2 cm³/mol. The lowest BCUT2D eigenvalue weighted by atomic mass is 10.1. The summed E-state index contributed by atoms with van der Waals surface area (Å²) in [6.07, 6.45) is 0.0218. The molecule has 0 radical (unpaired) electrons. The van der Waals surface area contributed by atoms with Crippen LogP contribution in [-0.2, 0) is 18.3 Å². The molecule has 0 saturated heterocycles. The van der Waals surface area contributed by atoms with Gasteiger partial charge in [-0.15, -0.1) is 0 Å². The summed E-state index contributed by atoms with van der Waals surface area (Å²) in [6, 6.07) is 3.83. The highest BCUT2D eigenvalue weighted by Crippen LogP contribution is 2.34. The van der Waals surface area contributed by atoms with Crippen LogP contribution in [0, 0.1) is 6.92 Å². The molecule has 0 aliphatic heterocycles. The number of benzene rings is 1. The topological polar surface area (TPSA) is 51.5 Å². The van der Waals surface area contributed by atoms with Crippen molar-refractivity contribution < 1.29 is 14.6 Å². The molecule has 1 aromatic heterocycles. The second-order valence-electron chi connectivity index (χ2n) is 4.20. The number of hydrogen-bond acceptors (Lipinski definition) is 2. The minimum atomic E-state index is -0.826. The van der Waals surface area contributed by atoms with E-state index in [1.54, 1.807) is 7.11 Å². The van der Waals surface area contributed by atoms with Crippen LogP contribution in [0.3, 0.4) is 0 Å². The van der Waals surface area contributed by atoms with Crippen LogP contribution in [0.25, 0.3) is 10.9 Å². The number of fused-ring (bicyclic) bond motifs is 1. The number of carbonyl (C=O) groups is 1. The molecule has 4 nitrogen and oxygen atoms in total. The van der Waals surface area contributed by atoms with Crippen molar-refractivity contribution in [1.29, 1.82) is 0 Å². The molecule has 96 valence electrons. The molecule has 0 aliphatic carbocycles. The van der Waals surface area contributed by atoms with E-state index in [0.717, 1.165) is 26.6 Å². The molecular weight excluding hydrogens is 298 g/mol. The summed E-state index contributed by atoms with van der Waals surface area (Å²) in [4.78, 5) is 10.9. The van der Waals surface area contributed by atoms with Crippen molar-refractivity contribution in [3.8, 4) is 5.75 Å². The smallest absolute Gasteiger partial charge is 0.307 e. The van der Waals surface area contributed by atoms with Crippen molar-refractivity contribution in [2.45, 2.75) is 13.3 Å². The minimum Gasteiger partial charge on any atom is -0.496 e. The highest BCUT2D eigenvalue weighted by Gasteiger charge is 2.16. The summed E-state index contributed by atoms with van der Waals surface area (Å²) < 4.78 is 8.12. The van der Waals surface area contributed by atoms with Gasteiger partial charge in [0.2, 0.25) is 0 Å². The molecule has 0 bridgehead atoms. The molecule has 1 aromatic carbocycles.